The third-order valence-corrected chi connectivity index (χ3v) is 2.98. The van der Waals surface area contributed by atoms with Gasteiger partial charge in [0.05, 0.1) is 7.11 Å². The molecule has 0 aromatic heterocycles. The van der Waals surface area contributed by atoms with Gasteiger partial charge in [0, 0.05) is 18.2 Å². The maximum absolute atomic E-state index is 11.2. The summed E-state index contributed by atoms with van der Waals surface area (Å²) in [6, 6.07) is 7.57. The molecule has 2 atom stereocenters. The van der Waals surface area contributed by atoms with Gasteiger partial charge < -0.3 is 15.8 Å². The SMILES string of the molecule is COC(=O)C(N)CC1CNc2ccccc21. The number of anilines is 1. The number of carbonyl (C=O) groups excluding carboxylic acids is 1. The molecule has 2 unspecified atom stereocenters. The summed E-state index contributed by atoms with van der Waals surface area (Å²) in [4.78, 5) is 11.2. The highest BCUT2D eigenvalue weighted by atomic mass is 16.5. The summed E-state index contributed by atoms with van der Waals surface area (Å²) in [5.74, 6) is -0.0466. The number of carbonyl (C=O) groups is 1. The van der Waals surface area contributed by atoms with E-state index in [1.165, 1.54) is 12.7 Å². The van der Waals surface area contributed by atoms with Gasteiger partial charge in [-0.15, -0.1) is 0 Å². The van der Waals surface area contributed by atoms with Crippen LogP contribution in [0.4, 0.5) is 5.69 Å². The average Bonchev–Trinajstić information content (AvgIpc) is 2.72. The number of para-hydroxylation sites is 1. The number of fused-ring (bicyclic) bond motifs is 1. The molecule has 1 aromatic carbocycles. The Kier molecular flexibility index (Phi) is 3.10. The molecule has 4 nitrogen and oxygen atoms in total. The van der Waals surface area contributed by atoms with E-state index in [4.69, 9.17) is 5.73 Å². The fourth-order valence-electron chi connectivity index (χ4n) is 2.12. The minimum Gasteiger partial charge on any atom is -0.468 e. The Morgan fingerprint density at radius 1 is 1.62 bits per heavy atom. The van der Waals surface area contributed by atoms with Gasteiger partial charge in [-0.3, -0.25) is 4.79 Å². The first-order valence-corrected chi connectivity index (χ1v) is 5.38. The number of nitrogens with one attached hydrogen (secondary N) is 1. The zero-order chi connectivity index (χ0) is 11.5. The van der Waals surface area contributed by atoms with Crippen LogP contribution in [0.3, 0.4) is 0 Å². The summed E-state index contributed by atoms with van der Waals surface area (Å²) in [7, 11) is 1.36. The zero-order valence-corrected chi connectivity index (χ0v) is 9.27. The van der Waals surface area contributed by atoms with Gasteiger partial charge in [-0.1, -0.05) is 18.2 Å². The van der Waals surface area contributed by atoms with Crippen LogP contribution in [0.15, 0.2) is 24.3 Å². The van der Waals surface area contributed by atoms with E-state index < -0.39 is 6.04 Å². The maximum atomic E-state index is 11.2. The van der Waals surface area contributed by atoms with Crippen molar-refractivity contribution in [2.24, 2.45) is 5.73 Å². The highest BCUT2D eigenvalue weighted by Crippen LogP contribution is 2.33. The molecule has 1 aromatic rings. The standard InChI is InChI=1S/C12H16N2O2/c1-16-12(15)10(13)6-8-7-14-11-5-3-2-4-9(8)11/h2-5,8,10,14H,6-7,13H2,1H3. The van der Waals surface area contributed by atoms with E-state index in [9.17, 15) is 4.79 Å². The van der Waals surface area contributed by atoms with E-state index in [2.05, 4.69) is 16.1 Å². The molecule has 0 bridgehead atoms. The molecule has 0 saturated heterocycles. The quantitative estimate of drug-likeness (QED) is 0.748. The number of esters is 1. The maximum Gasteiger partial charge on any atom is 0.322 e. The summed E-state index contributed by atoms with van der Waals surface area (Å²) in [5.41, 5.74) is 8.14. The summed E-state index contributed by atoms with van der Waals surface area (Å²) < 4.78 is 4.63. The van der Waals surface area contributed by atoms with Gasteiger partial charge in [-0.25, -0.2) is 0 Å². The number of ether oxygens (including phenoxy) is 1. The minimum absolute atomic E-state index is 0.297. The van der Waals surface area contributed by atoms with Crippen molar-refractivity contribution in [2.45, 2.75) is 18.4 Å². The molecule has 0 fully saturated rings. The van der Waals surface area contributed by atoms with Crippen molar-refractivity contribution in [2.75, 3.05) is 19.0 Å². The molecular weight excluding hydrogens is 204 g/mol. The highest BCUT2D eigenvalue weighted by molar-refractivity contribution is 5.75. The Hall–Kier alpha value is -1.55. The molecule has 2 rings (SSSR count). The van der Waals surface area contributed by atoms with Crippen molar-refractivity contribution in [3.63, 3.8) is 0 Å². The molecule has 16 heavy (non-hydrogen) atoms. The van der Waals surface area contributed by atoms with Crippen LogP contribution < -0.4 is 11.1 Å². The number of hydrogen-bond acceptors (Lipinski definition) is 4. The third kappa shape index (κ3) is 2.02. The lowest BCUT2D eigenvalue weighted by molar-refractivity contribution is -0.142. The van der Waals surface area contributed by atoms with Gasteiger partial charge in [-0.2, -0.15) is 0 Å². The van der Waals surface area contributed by atoms with Gasteiger partial charge in [-0.05, 0) is 18.1 Å². The lowest BCUT2D eigenvalue weighted by Crippen LogP contribution is -2.33. The molecular formula is C12H16N2O2. The Morgan fingerprint density at radius 2 is 2.38 bits per heavy atom. The Morgan fingerprint density at radius 3 is 3.12 bits per heavy atom. The summed E-state index contributed by atoms with van der Waals surface area (Å²) in [6.07, 6.45) is 0.622. The van der Waals surface area contributed by atoms with E-state index >= 15 is 0 Å². The van der Waals surface area contributed by atoms with Crippen molar-refractivity contribution < 1.29 is 9.53 Å². The molecule has 0 spiro atoms. The predicted molar refractivity (Wildman–Crippen MR) is 62.3 cm³/mol. The predicted octanol–water partition coefficient (Wildman–Crippen LogP) is 1.09. The van der Waals surface area contributed by atoms with Crippen molar-refractivity contribution >= 4 is 11.7 Å². The van der Waals surface area contributed by atoms with Crippen molar-refractivity contribution in [3.8, 4) is 0 Å². The lowest BCUT2D eigenvalue weighted by Gasteiger charge is -2.14. The normalized spacial score (nSPS) is 19.8. The molecule has 86 valence electrons. The Labute approximate surface area is 94.8 Å². The summed E-state index contributed by atoms with van der Waals surface area (Å²) >= 11 is 0. The molecule has 1 aliphatic rings. The largest absolute Gasteiger partial charge is 0.468 e. The Balaban J connectivity index is 2.06. The fraction of sp³-hybridized carbons (Fsp3) is 0.417. The number of hydrogen-bond donors (Lipinski definition) is 2. The second-order valence-electron chi connectivity index (χ2n) is 4.03. The van der Waals surface area contributed by atoms with Gasteiger partial charge in [0.2, 0.25) is 0 Å². The second-order valence-corrected chi connectivity index (χ2v) is 4.03. The zero-order valence-electron chi connectivity index (χ0n) is 9.27. The van der Waals surface area contributed by atoms with Crippen LogP contribution >= 0.6 is 0 Å². The number of rotatable bonds is 3. The van der Waals surface area contributed by atoms with Gasteiger partial charge >= 0.3 is 5.97 Å². The first kappa shape index (κ1) is 11.0. The fourth-order valence-corrected chi connectivity index (χ4v) is 2.12. The molecule has 0 saturated carbocycles. The van der Waals surface area contributed by atoms with Gasteiger partial charge in [0.1, 0.15) is 6.04 Å². The van der Waals surface area contributed by atoms with Crippen molar-refractivity contribution in [1.82, 2.24) is 0 Å². The molecule has 0 aliphatic carbocycles. The van der Waals surface area contributed by atoms with Crippen LogP contribution in [0.5, 0.6) is 0 Å². The summed E-state index contributed by atoms with van der Waals surface area (Å²) in [6.45, 7) is 0.837. The highest BCUT2D eigenvalue weighted by Gasteiger charge is 2.26. The van der Waals surface area contributed by atoms with E-state index in [-0.39, 0.29) is 5.97 Å². The van der Waals surface area contributed by atoms with Crippen LogP contribution in [0, 0.1) is 0 Å². The van der Waals surface area contributed by atoms with Crippen LogP contribution in [0.2, 0.25) is 0 Å². The van der Waals surface area contributed by atoms with E-state index in [0.717, 1.165) is 12.2 Å². The number of benzene rings is 1. The van der Waals surface area contributed by atoms with Crippen LogP contribution in [-0.4, -0.2) is 25.7 Å². The van der Waals surface area contributed by atoms with Gasteiger partial charge in [0.25, 0.3) is 0 Å². The third-order valence-electron chi connectivity index (χ3n) is 2.98. The van der Waals surface area contributed by atoms with Gasteiger partial charge in [0.15, 0.2) is 0 Å². The number of nitrogens with two attached hydrogens (primary N) is 1. The topological polar surface area (TPSA) is 64.3 Å². The first-order chi connectivity index (χ1) is 7.72. The number of methoxy groups -OCH3 is 1. The lowest BCUT2D eigenvalue weighted by atomic mass is 9.94. The smallest absolute Gasteiger partial charge is 0.322 e. The summed E-state index contributed by atoms with van der Waals surface area (Å²) in [5, 5.41) is 3.30. The second kappa shape index (κ2) is 4.53. The first-order valence-electron chi connectivity index (χ1n) is 5.38. The Bertz CT molecular complexity index is 392. The van der Waals surface area contributed by atoms with E-state index in [1.807, 2.05) is 18.2 Å². The van der Waals surface area contributed by atoms with Crippen LogP contribution in [-0.2, 0) is 9.53 Å². The molecule has 1 aliphatic heterocycles. The van der Waals surface area contributed by atoms with E-state index in [1.54, 1.807) is 0 Å². The molecule has 1 heterocycles. The average molecular weight is 220 g/mol. The van der Waals surface area contributed by atoms with E-state index in [0.29, 0.717) is 12.3 Å². The molecule has 3 N–H and O–H groups in total. The van der Waals surface area contributed by atoms with Crippen LogP contribution in [0.25, 0.3) is 0 Å². The molecule has 4 heteroatoms. The molecule has 0 amide bonds. The van der Waals surface area contributed by atoms with Crippen LogP contribution in [0.1, 0.15) is 17.9 Å². The monoisotopic (exact) mass is 220 g/mol. The van der Waals surface area contributed by atoms with Crippen molar-refractivity contribution in [1.29, 1.82) is 0 Å². The van der Waals surface area contributed by atoms with Crippen molar-refractivity contribution in [3.05, 3.63) is 29.8 Å². The molecule has 0 radical (unpaired) electrons. The minimum atomic E-state index is -0.539.